The number of carbonyl (C=O) groups excluding carboxylic acids is 2. The van der Waals surface area contributed by atoms with Crippen LogP contribution in [0.5, 0.6) is 5.75 Å². The summed E-state index contributed by atoms with van der Waals surface area (Å²) in [6.45, 7) is -2.97. The van der Waals surface area contributed by atoms with Gasteiger partial charge >= 0.3 is 18.6 Å². The average molecular weight is 311 g/mol. The van der Waals surface area contributed by atoms with E-state index in [1.807, 2.05) is 0 Å². The van der Waals surface area contributed by atoms with Gasteiger partial charge in [-0.1, -0.05) is 0 Å². The third kappa shape index (κ3) is 3.11. The molecule has 8 heteroatoms. The highest BCUT2D eigenvalue weighted by molar-refractivity contribution is 6.04. The van der Waals surface area contributed by atoms with Crippen LogP contribution in [0.15, 0.2) is 24.3 Å². The molecule has 0 fully saturated rings. The number of hydrogen-bond donors (Lipinski definition) is 0. The highest BCUT2D eigenvalue weighted by Crippen LogP contribution is 2.24. The Morgan fingerprint density at radius 2 is 1.77 bits per heavy atom. The van der Waals surface area contributed by atoms with Crippen LogP contribution in [0.2, 0.25) is 0 Å². The first kappa shape index (κ1) is 15.6. The van der Waals surface area contributed by atoms with Crippen molar-refractivity contribution in [3.05, 3.63) is 35.5 Å². The highest BCUT2D eigenvalue weighted by atomic mass is 19.3. The van der Waals surface area contributed by atoms with Gasteiger partial charge in [0.1, 0.15) is 5.75 Å². The molecule has 0 aliphatic carbocycles. The van der Waals surface area contributed by atoms with Crippen molar-refractivity contribution in [2.45, 2.75) is 6.61 Å². The minimum absolute atomic E-state index is 0.0917. The number of carbonyl (C=O) groups is 2. The summed E-state index contributed by atoms with van der Waals surface area (Å²) in [6, 6.07) is 5.25. The summed E-state index contributed by atoms with van der Waals surface area (Å²) in [5.74, 6) is -1.70. The summed E-state index contributed by atoms with van der Waals surface area (Å²) in [4.78, 5) is 27.5. The number of benzene rings is 1. The Morgan fingerprint density at radius 3 is 2.36 bits per heavy atom. The molecule has 1 aromatic heterocycles. The molecular formula is C14H11F2NO5. The van der Waals surface area contributed by atoms with Gasteiger partial charge in [0.15, 0.2) is 5.69 Å². The maximum absolute atomic E-state index is 12.2. The fourth-order valence-electron chi connectivity index (χ4n) is 1.85. The van der Waals surface area contributed by atoms with Crippen LogP contribution < -0.4 is 4.74 Å². The van der Waals surface area contributed by atoms with Gasteiger partial charge in [-0.05, 0) is 24.3 Å². The van der Waals surface area contributed by atoms with Crippen molar-refractivity contribution in [1.82, 2.24) is 4.98 Å². The third-order valence-electron chi connectivity index (χ3n) is 2.80. The first-order valence-electron chi connectivity index (χ1n) is 6.02. The van der Waals surface area contributed by atoms with Crippen molar-refractivity contribution in [3.8, 4) is 5.75 Å². The van der Waals surface area contributed by atoms with E-state index in [9.17, 15) is 18.4 Å². The molecule has 0 spiro atoms. The lowest BCUT2D eigenvalue weighted by Gasteiger charge is -2.09. The van der Waals surface area contributed by atoms with E-state index in [1.54, 1.807) is 0 Å². The zero-order valence-electron chi connectivity index (χ0n) is 11.6. The molecule has 0 N–H and O–H groups in total. The van der Waals surface area contributed by atoms with E-state index < -0.39 is 18.6 Å². The zero-order valence-corrected chi connectivity index (χ0v) is 11.6. The number of esters is 2. The number of aromatic nitrogens is 1. The van der Waals surface area contributed by atoms with Gasteiger partial charge in [0.2, 0.25) is 0 Å². The molecule has 1 heterocycles. The van der Waals surface area contributed by atoms with Crippen LogP contribution in [0.1, 0.15) is 20.8 Å². The second-order valence-electron chi connectivity index (χ2n) is 4.10. The Morgan fingerprint density at radius 1 is 1.09 bits per heavy atom. The molecule has 0 saturated heterocycles. The Labute approximate surface area is 123 Å². The summed E-state index contributed by atoms with van der Waals surface area (Å²) in [7, 11) is 2.29. The first-order valence-corrected chi connectivity index (χ1v) is 6.02. The number of nitrogens with zero attached hydrogens (tertiary/aromatic N) is 1. The molecule has 0 unspecified atom stereocenters. The maximum Gasteiger partial charge on any atom is 0.387 e. The smallest absolute Gasteiger partial charge is 0.387 e. The SMILES string of the molecule is COC(=O)c1cc2cc(OC(F)F)ccc2nc1C(=O)OC. The van der Waals surface area contributed by atoms with E-state index >= 15 is 0 Å². The fourth-order valence-corrected chi connectivity index (χ4v) is 1.85. The number of hydrogen-bond acceptors (Lipinski definition) is 6. The largest absolute Gasteiger partial charge is 0.465 e. The summed E-state index contributed by atoms with van der Waals surface area (Å²) >= 11 is 0. The topological polar surface area (TPSA) is 74.7 Å². The third-order valence-corrected chi connectivity index (χ3v) is 2.80. The lowest BCUT2D eigenvalue weighted by Crippen LogP contribution is -2.14. The second-order valence-corrected chi connectivity index (χ2v) is 4.10. The number of methoxy groups -OCH3 is 2. The van der Waals surface area contributed by atoms with Gasteiger partial charge in [0.05, 0.1) is 25.3 Å². The number of halogens is 2. The van der Waals surface area contributed by atoms with E-state index in [0.29, 0.717) is 10.9 Å². The van der Waals surface area contributed by atoms with Crippen LogP contribution in [-0.4, -0.2) is 37.8 Å². The molecule has 0 bridgehead atoms. The van der Waals surface area contributed by atoms with E-state index in [0.717, 1.165) is 14.2 Å². The lowest BCUT2D eigenvalue weighted by atomic mass is 10.1. The summed E-state index contributed by atoms with van der Waals surface area (Å²) in [6.07, 6.45) is 0. The van der Waals surface area contributed by atoms with Crippen LogP contribution in [0.3, 0.4) is 0 Å². The Balaban J connectivity index is 2.61. The van der Waals surface area contributed by atoms with Gasteiger partial charge in [-0.3, -0.25) is 0 Å². The van der Waals surface area contributed by atoms with Gasteiger partial charge in [-0.25, -0.2) is 14.6 Å². The van der Waals surface area contributed by atoms with Crippen molar-refractivity contribution in [1.29, 1.82) is 0 Å². The summed E-state index contributed by atoms with van der Waals surface area (Å²) in [5, 5.41) is 0.339. The van der Waals surface area contributed by atoms with E-state index in [1.165, 1.54) is 24.3 Å². The lowest BCUT2D eigenvalue weighted by molar-refractivity contribution is -0.0497. The highest BCUT2D eigenvalue weighted by Gasteiger charge is 2.21. The molecule has 0 aliphatic heterocycles. The minimum atomic E-state index is -2.97. The van der Waals surface area contributed by atoms with Gasteiger partial charge < -0.3 is 14.2 Å². The molecular weight excluding hydrogens is 300 g/mol. The van der Waals surface area contributed by atoms with Gasteiger partial charge in [0.25, 0.3) is 0 Å². The normalized spacial score (nSPS) is 10.6. The van der Waals surface area contributed by atoms with Crippen molar-refractivity contribution in [2.75, 3.05) is 14.2 Å². The van der Waals surface area contributed by atoms with Crippen molar-refractivity contribution >= 4 is 22.8 Å². The summed E-state index contributed by atoms with van der Waals surface area (Å²) in [5.41, 5.74) is -0.0323. The predicted octanol–water partition coefficient (Wildman–Crippen LogP) is 2.41. The van der Waals surface area contributed by atoms with Gasteiger partial charge in [0, 0.05) is 5.39 Å². The molecule has 2 rings (SSSR count). The standard InChI is InChI=1S/C14H11F2NO5/c1-20-12(18)9-6-7-5-8(22-14(15)16)3-4-10(7)17-11(9)13(19)21-2/h3-6,14H,1-2H3. The first-order chi connectivity index (χ1) is 10.5. The molecule has 116 valence electrons. The molecule has 2 aromatic rings. The van der Waals surface area contributed by atoms with Crippen molar-refractivity contribution in [3.63, 3.8) is 0 Å². The molecule has 1 aromatic carbocycles. The number of alkyl halides is 2. The van der Waals surface area contributed by atoms with E-state index in [2.05, 4.69) is 19.2 Å². The molecule has 0 aliphatic rings. The average Bonchev–Trinajstić information content (AvgIpc) is 2.51. The van der Waals surface area contributed by atoms with Gasteiger partial charge in [-0.15, -0.1) is 0 Å². The van der Waals surface area contributed by atoms with Crippen LogP contribution in [0, 0.1) is 0 Å². The molecule has 6 nitrogen and oxygen atoms in total. The Hall–Kier alpha value is -2.77. The zero-order chi connectivity index (χ0) is 16.3. The van der Waals surface area contributed by atoms with Crippen LogP contribution in [0.4, 0.5) is 8.78 Å². The Bertz CT molecular complexity index is 732. The van der Waals surface area contributed by atoms with Crippen LogP contribution in [-0.2, 0) is 9.47 Å². The summed E-state index contributed by atoms with van der Waals surface area (Å²) < 4.78 is 37.9. The van der Waals surface area contributed by atoms with Crippen molar-refractivity contribution < 1.29 is 32.6 Å². The monoisotopic (exact) mass is 311 g/mol. The number of rotatable bonds is 4. The molecule has 0 amide bonds. The van der Waals surface area contributed by atoms with Gasteiger partial charge in [-0.2, -0.15) is 8.78 Å². The van der Waals surface area contributed by atoms with E-state index in [-0.39, 0.29) is 17.0 Å². The predicted molar refractivity (Wildman–Crippen MR) is 71.1 cm³/mol. The molecule has 0 radical (unpaired) electrons. The number of ether oxygens (including phenoxy) is 3. The van der Waals surface area contributed by atoms with Crippen LogP contribution >= 0.6 is 0 Å². The van der Waals surface area contributed by atoms with E-state index in [4.69, 9.17) is 0 Å². The molecule has 0 saturated carbocycles. The minimum Gasteiger partial charge on any atom is -0.465 e. The maximum atomic E-state index is 12.2. The number of pyridine rings is 1. The van der Waals surface area contributed by atoms with Crippen molar-refractivity contribution in [2.24, 2.45) is 0 Å². The quantitative estimate of drug-likeness (QED) is 0.807. The molecule has 22 heavy (non-hydrogen) atoms. The number of fused-ring (bicyclic) bond motifs is 1. The second kappa shape index (κ2) is 6.33. The molecule has 0 atom stereocenters. The fraction of sp³-hybridized carbons (Fsp3) is 0.214. The van der Waals surface area contributed by atoms with Crippen LogP contribution in [0.25, 0.3) is 10.9 Å². The Kier molecular flexibility index (Phi) is 4.50.